The lowest BCUT2D eigenvalue weighted by atomic mass is 10.1. The lowest BCUT2D eigenvalue weighted by Crippen LogP contribution is -2.25. The molecule has 0 heterocycles. The third-order valence-corrected chi connectivity index (χ3v) is 2.64. The molecule has 2 N–H and O–H groups in total. The van der Waals surface area contributed by atoms with E-state index in [1.165, 1.54) is 0 Å². The Morgan fingerprint density at radius 3 is 2.72 bits per heavy atom. The van der Waals surface area contributed by atoms with Gasteiger partial charge in [-0.05, 0) is 25.5 Å². The normalized spacial score (nSPS) is 12.1. The molecular formula is C14H21NO3. The molecule has 0 spiro atoms. The number of carbonyl (C=O) groups is 1. The summed E-state index contributed by atoms with van der Waals surface area (Å²) < 4.78 is 4.84. The van der Waals surface area contributed by atoms with Crippen LogP contribution in [0.1, 0.15) is 31.4 Å². The number of aliphatic hydroxyl groups excluding tert-OH is 1. The Balaban J connectivity index is 2.26. The summed E-state index contributed by atoms with van der Waals surface area (Å²) in [5.74, 6) is -0.167. The second-order valence-corrected chi connectivity index (χ2v) is 4.01. The van der Waals surface area contributed by atoms with E-state index in [0.29, 0.717) is 26.0 Å². The Morgan fingerprint density at radius 1 is 1.39 bits per heavy atom. The minimum Gasteiger partial charge on any atom is -0.466 e. The zero-order chi connectivity index (χ0) is 13.2. The molecule has 0 bridgehead atoms. The first-order valence-corrected chi connectivity index (χ1v) is 6.32. The number of benzene rings is 1. The van der Waals surface area contributed by atoms with E-state index >= 15 is 0 Å². The van der Waals surface area contributed by atoms with Gasteiger partial charge < -0.3 is 15.2 Å². The number of nitrogens with one attached hydrogen (secondary N) is 1. The Kier molecular flexibility index (Phi) is 7.06. The van der Waals surface area contributed by atoms with Crippen LogP contribution in [-0.2, 0) is 9.53 Å². The third-order valence-electron chi connectivity index (χ3n) is 2.64. The zero-order valence-electron chi connectivity index (χ0n) is 10.8. The van der Waals surface area contributed by atoms with Crippen LogP contribution in [0.4, 0.5) is 0 Å². The molecule has 0 amide bonds. The molecule has 1 atom stereocenters. The molecule has 18 heavy (non-hydrogen) atoms. The molecule has 0 aliphatic heterocycles. The Labute approximate surface area is 108 Å². The van der Waals surface area contributed by atoms with Gasteiger partial charge in [-0.25, -0.2) is 0 Å². The maximum atomic E-state index is 11.1. The molecule has 0 saturated heterocycles. The van der Waals surface area contributed by atoms with E-state index in [1.807, 2.05) is 30.3 Å². The van der Waals surface area contributed by atoms with Crippen molar-refractivity contribution in [1.82, 2.24) is 5.32 Å². The summed E-state index contributed by atoms with van der Waals surface area (Å²) in [4.78, 5) is 11.1. The van der Waals surface area contributed by atoms with E-state index in [2.05, 4.69) is 5.32 Å². The van der Waals surface area contributed by atoms with Crippen molar-refractivity contribution in [3.8, 4) is 0 Å². The van der Waals surface area contributed by atoms with Gasteiger partial charge in [-0.15, -0.1) is 0 Å². The molecule has 0 radical (unpaired) electrons. The Hall–Kier alpha value is -1.39. The van der Waals surface area contributed by atoms with Crippen LogP contribution in [-0.4, -0.2) is 30.8 Å². The minimum absolute atomic E-state index is 0.0451. The van der Waals surface area contributed by atoms with Crippen molar-refractivity contribution in [2.75, 3.05) is 19.8 Å². The number of carbonyl (C=O) groups excluding carboxylic acids is 1. The van der Waals surface area contributed by atoms with Crippen LogP contribution in [0.25, 0.3) is 0 Å². The monoisotopic (exact) mass is 251 g/mol. The summed E-state index contributed by atoms with van der Waals surface area (Å²) in [7, 11) is 0. The molecule has 4 nitrogen and oxygen atoms in total. The third kappa shape index (κ3) is 5.29. The second kappa shape index (κ2) is 8.66. The zero-order valence-corrected chi connectivity index (χ0v) is 10.8. The van der Waals surface area contributed by atoms with Gasteiger partial charge in [0, 0.05) is 6.42 Å². The highest BCUT2D eigenvalue weighted by atomic mass is 16.5. The van der Waals surface area contributed by atoms with Crippen molar-refractivity contribution in [3.63, 3.8) is 0 Å². The Bertz CT molecular complexity index is 340. The lowest BCUT2D eigenvalue weighted by molar-refractivity contribution is -0.143. The second-order valence-electron chi connectivity index (χ2n) is 4.01. The standard InChI is InChI=1S/C14H21NO3/c1-2-18-14(17)9-6-10-15-13(11-16)12-7-4-3-5-8-12/h3-5,7-8,13,15-16H,2,6,9-11H2,1H3. The van der Waals surface area contributed by atoms with E-state index in [1.54, 1.807) is 6.92 Å². The maximum absolute atomic E-state index is 11.1. The number of hydrogen-bond acceptors (Lipinski definition) is 4. The molecule has 1 rings (SSSR count). The summed E-state index contributed by atoms with van der Waals surface area (Å²) in [6.07, 6.45) is 1.12. The molecule has 1 unspecified atom stereocenters. The van der Waals surface area contributed by atoms with Crippen LogP contribution in [0, 0.1) is 0 Å². The van der Waals surface area contributed by atoms with Gasteiger partial charge in [-0.3, -0.25) is 4.79 Å². The van der Waals surface area contributed by atoms with Gasteiger partial charge in [-0.1, -0.05) is 30.3 Å². The number of ether oxygens (including phenoxy) is 1. The molecule has 1 aromatic carbocycles. The smallest absolute Gasteiger partial charge is 0.305 e. The highest BCUT2D eigenvalue weighted by Gasteiger charge is 2.09. The topological polar surface area (TPSA) is 58.6 Å². The van der Waals surface area contributed by atoms with E-state index in [9.17, 15) is 9.90 Å². The molecular weight excluding hydrogens is 230 g/mol. The summed E-state index contributed by atoms with van der Waals surface area (Å²) in [5.41, 5.74) is 1.05. The number of rotatable bonds is 8. The maximum Gasteiger partial charge on any atom is 0.305 e. The fraction of sp³-hybridized carbons (Fsp3) is 0.500. The van der Waals surface area contributed by atoms with Crippen molar-refractivity contribution in [1.29, 1.82) is 0 Å². The molecule has 0 fully saturated rings. The van der Waals surface area contributed by atoms with Gasteiger partial charge in [0.15, 0.2) is 0 Å². The van der Waals surface area contributed by atoms with Crippen molar-refractivity contribution in [2.45, 2.75) is 25.8 Å². The van der Waals surface area contributed by atoms with Gasteiger partial charge >= 0.3 is 5.97 Å². The van der Waals surface area contributed by atoms with E-state index in [0.717, 1.165) is 5.56 Å². The molecule has 1 aromatic rings. The van der Waals surface area contributed by atoms with Crippen molar-refractivity contribution in [3.05, 3.63) is 35.9 Å². The largest absolute Gasteiger partial charge is 0.466 e. The first-order chi connectivity index (χ1) is 8.77. The number of esters is 1. The predicted molar refractivity (Wildman–Crippen MR) is 70.1 cm³/mol. The molecule has 0 aliphatic carbocycles. The number of aliphatic hydroxyl groups is 1. The van der Waals surface area contributed by atoms with Crippen LogP contribution in [0.5, 0.6) is 0 Å². The van der Waals surface area contributed by atoms with Gasteiger partial charge in [-0.2, -0.15) is 0 Å². The summed E-state index contributed by atoms with van der Waals surface area (Å²) in [6.45, 7) is 2.95. The first kappa shape index (κ1) is 14.7. The van der Waals surface area contributed by atoms with Gasteiger partial charge in [0.05, 0.1) is 19.3 Å². The van der Waals surface area contributed by atoms with Crippen molar-refractivity contribution in [2.24, 2.45) is 0 Å². The number of hydrogen-bond donors (Lipinski definition) is 2. The molecule has 0 aliphatic rings. The van der Waals surface area contributed by atoms with Crippen molar-refractivity contribution < 1.29 is 14.6 Å². The lowest BCUT2D eigenvalue weighted by Gasteiger charge is -2.16. The average molecular weight is 251 g/mol. The van der Waals surface area contributed by atoms with E-state index in [4.69, 9.17) is 4.74 Å². The van der Waals surface area contributed by atoms with Crippen molar-refractivity contribution >= 4 is 5.97 Å². The van der Waals surface area contributed by atoms with Crippen LogP contribution in [0.2, 0.25) is 0 Å². The highest BCUT2D eigenvalue weighted by molar-refractivity contribution is 5.69. The van der Waals surface area contributed by atoms with Crippen LogP contribution < -0.4 is 5.32 Å². The minimum atomic E-state index is -0.167. The van der Waals surface area contributed by atoms with Crippen LogP contribution in [0.15, 0.2) is 30.3 Å². The first-order valence-electron chi connectivity index (χ1n) is 6.32. The summed E-state index contributed by atoms with van der Waals surface area (Å²) >= 11 is 0. The van der Waals surface area contributed by atoms with E-state index < -0.39 is 0 Å². The molecule has 4 heteroatoms. The highest BCUT2D eigenvalue weighted by Crippen LogP contribution is 2.11. The quantitative estimate of drug-likeness (QED) is 0.545. The predicted octanol–water partition coefficient (Wildman–Crippen LogP) is 1.65. The van der Waals surface area contributed by atoms with Gasteiger partial charge in [0.1, 0.15) is 0 Å². The molecule has 100 valence electrons. The van der Waals surface area contributed by atoms with Crippen LogP contribution >= 0.6 is 0 Å². The fourth-order valence-electron chi connectivity index (χ4n) is 1.72. The SMILES string of the molecule is CCOC(=O)CCCNC(CO)c1ccccc1. The summed E-state index contributed by atoms with van der Waals surface area (Å²) in [6, 6.07) is 9.70. The van der Waals surface area contributed by atoms with Crippen LogP contribution in [0.3, 0.4) is 0 Å². The van der Waals surface area contributed by atoms with Gasteiger partial charge in [0.2, 0.25) is 0 Å². The van der Waals surface area contributed by atoms with E-state index in [-0.39, 0.29) is 18.6 Å². The van der Waals surface area contributed by atoms with Gasteiger partial charge in [0.25, 0.3) is 0 Å². The molecule has 0 aromatic heterocycles. The summed E-state index contributed by atoms with van der Waals surface area (Å²) in [5, 5.41) is 12.5. The molecule has 0 saturated carbocycles. The average Bonchev–Trinajstić information content (AvgIpc) is 2.40. The fourth-order valence-corrected chi connectivity index (χ4v) is 1.72. The Morgan fingerprint density at radius 2 is 2.11 bits per heavy atom.